The molecule has 0 saturated heterocycles. The van der Waals surface area contributed by atoms with Crippen LogP contribution < -0.4 is 5.32 Å². The fourth-order valence-electron chi connectivity index (χ4n) is 1.81. The Morgan fingerprint density at radius 3 is 2.63 bits per heavy atom. The Labute approximate surface area is 112 Å². The average Bonchev–Trinajstić information content (AvgIpc) is 2.68. The predicted molar refractivity (Wildman–Crippen MR) is 72.9 cm³/mol. The summed E-state index contributed by atoms with van der Waals surface area (Å²) in [4.78, 5) is 11.8. The SMILES string of the molecule is Cc1nn(C)cc1NC(=O)O[C@H](C)c1ccccc1. The normalized spacial score (nSPS) is 11.9. The highest BCUT2D eigenvalue weighted by Crippen LogP contribution is 2.18. The number of carbonyl (C=O) groups excluding carboxylic acids is 1. The molecule has 2 aromatic rings. The van der Waals surface area contributed by atoms with Crippen LogP contribution in [0.25, 0.3) is 0 Å². The average molecular weight is 259 g/mol. The van der Waals surface area contributed by atoms with E-state index in [-0.39, 0.29) is 6.10 Å². The first-order chi connectivity index (χ1) is 9.06. The van der Waals surface area contributed by atoms with Crippen LogP contribution in [0.4, 0.5) is 10.5 Å². The molecule has 1 amide bonds. The third-order valence-corrected chi connectivity index (χ3v) is 2.80. The van der Waals surface area contributed by atoms with E-state index in [0.29, 0.717) is 5.69 Å². The minimum absolute atomic E-state index is 0.293. The van der Waals surface area contributed by atoms with Crippen molar-refractivity contribution in [1.82, 2.24) is 9.78 Å². The maximum Gasteiger partial charge on any atom is 0.412 e. The molecule has 0 aliphatic rings. The third-order valence-electron chi connectivity index (χ3n) is 2.80. The van der Waals surface area contributed by atoms with Gasteiger partial charge in [0.2, 0.25) is 0 Å². The summed E-state index contributed by atoms with van der Waals surface area (Å²) >= 11 is 0. The lowest BCUT2D eigenvalue weighted by atomic mass is 10.1. The van der Waals surface area contributed by atoms with E-state index in [9.17, 15) is 4.79 Å². The smallest absolute Gasteiger partial charge is 0.412 e. The third kappa shape index (κ3) is 3.34. The zero-order chi connectivity index (χ0) is 13.8. The number of aromatic nitrogens is 2. The van der Waals surface area contributed by atoms with Gasteiger partial charge in [-0.15, -0.1) is 0 Å². The fraction of sp³-hybridized carbons (Fsp3) is 0.286. The van der Waals surface area contributed by atoms with Gasteiger partial charge in [0.05, 0.1) is 11.4 Å². The number of rotatable bonds is 3. The van der Waals surface area contributed by atoms with E-state index in [1.54, 1.807) is 17.9 Å². The van der Waals surface area contributed by atoms with Crippen LogP contribution in [-0.4, -0.2) is 15.9 Å². The standard InChI is InChI=1S/C14H17N3O2/c1-10-13(9-17(3)16-10)15-14(18)19-11(2)12-7-5-4-6-8-12/h4-9,11H,1-3H3,(H,15,18)/t11-/m1/s1. The van der Waals surface area contributed by atoms with Crippen molar-refractivity contribution in [3.05, 3.63) is 47.8 Å². The van der Waals surface area contributed by atoms with Crippen molar-refractivity contribution in [1.29, 1.82) is 0 Å². The molecule has 5 heteroatoms. The maximum atomic E-state index is 11.8. The maximum absolute atomic E-state index is 11.8. The molecule has 0 radical (unpaired) electrons. The molecule has 100 valence electrons. The first-order valence-corrected chi connectivity index (χ1v) is 6.09. The van der Waals surface area contributed by atoms with Gasteiger partial charge in [-0.2, -0.15) is 5.10 Å². The lowest BCUT2D eigenvalue weighted by Crippen LogP contribution is -2.16. The summed E-state index contributed by atoms with van der Waals surface area (Å²) in [6.07, 6.45) is 0.967. The number of hydrogen-bond donors (Lipinski definition) is 1. The second-order valence-electron chi connectivity index (χ2n) is 4.39. The van der Waals surface area contributed by atoms with E-state index < -0.39 is 6.09 Å². The van der Waals surface area contributed by atoms with Crippen LogP contribution in [0.5, 0.6) is 0 Å². The zero-order valence-electron chi connectivity index (χ0n) is 11.3. The van der Waals surface area contributed by atoms with Crippen LogP contribution in [-0.2, 0) is 11.8 Å². The van der Waals surface area contributed by atoms with Gasteiger partial charge in [0.1, 0.15) is 6.10 Å². The van der Waals surface area contributed by atoms with Crippen molar-refractivity contribution in [2.75, 3.05) is 5.32 Å². The fourth-order valence-corrected chi connectivity index (χ4v) is 1.81. The van der Waals surface area contributed by atoms with E-state index in [1.165, 1.54) is 0 Å². The van der Waals surface area contributed by atoms with Gasteiger partial charge in [-0.3, -0.25) is 10.00 Å². The Balaban J connectivity index is 1.96. The van der Waals surface area contributed by atoms with E-state index in [2.05, 4.69) is 10.4 Å². The van der Waals surface area contributed by atoms with Gasteiger partial charge >= 0.3 is 6.09 Å². The number of nitrogens with one attached hydrogen (secondary N) is 1. The summed E-state index contributed by atoms with van der Waals surface area (Å²) < 4.78 is 6.96. The molecule has 1 atom stereocenters. The van der Waals surface area contributed by atoms with Crippen LogP contribution in [0, 0.1) is 6.92 Å². The highest BCUT2D eigenvalue weighted by atomic mass is 16.6. The lowest BCUT2D eigenvalue weighted by Gasteiger charge is -2.13. The number of aryl methyl sites for hydroxylation is 2. The summed E-state index contributed by atoms with van der Waals surface area (Å²) in [7, 11) is 1.80. The molecule has 1 N–H and O–H groups in total. The summed E-state index contributed by atoms with van der Waals surface area (Å²) in [5.74, 6) is 0. The summed E-state index contributed by atoms with van der Waals surface area (Å²) in [6.45, 7) is 3.67. The summed E-state index contributed by atoms with van der Waals surface area (Å²) in [6, 6.07) is 9.60. The highest BCUT2D eigenvalue weighted by molar-refractivity contribution is 5.85. The van der Waals surface area contributed by atoms with Crippen molar-refractivity contribution in [3.63, 3.8) is 0 Å². The van der Waals surface area contributed by atoms with E-state index in [4.69, 9.17) is 4.74 Å². The molecule has 19 heavy (non-hydrogen) atoms. The van der Waals surface area contributed by atoms with Crippen LogP contribution in [0.3, 0.4) is 0 Å². The van der Waals surface area contributed by atoms with Crippen molar-refractivity contribution in [2.24, 2.45) is 7.05 Å². The van der Waals surface area contributed by atoms with E-state index >= 15 is 0 Å². The largest absolute Gasteiger partial charge is 0.441 e. The van der Waals surface area contributed by atoms with Crippen LogP contribution >= 0.6 is 0 Å². The predicted octanol–water partition coefficient (Wildman–Crippen LogP) is 3.04. The van der Waals surface area contributed by atoms with Crippen molar-refractivity contribution in [3.8, 4) is 0 Å². The number of carbonyl (C=O) groups is 1. The van der Waals surface area contributed by atoms with Gasteiger partial charge in [-0.1, -0.05) is 30.3 Å². The van der Waals surface area contributed by atoms with Gasteiger partial charge in [0.25, 0.3) is 0 Å². The highest BCUT2D eigenvalue weighted by Gasteiger charge is 2.13. The monoisotopic (exact) mass is 259 g/mol. The number of amides is 1. The van der Waals surface area contributed by atoms with Crippen LogP contribution in [0.15, 0.2) is 36.5 Å². The van der Waals surface area contributed by atoms with Gasteiger partial charge in [-0.05, 0) is 19.4 Å². The first-order valence-electron chi connectivity index (χ1n) is 6.09. The van der Waals surface area contributed by atoms with Crippen LogP contribution in [0.1, 0.15) is 24.3 Å². The Morgan fingerprint density at radius 1 is 1.37 bits per heavy atom. The quantitative estimate of drug-likeness (QED) is 0.921. The second-order valence-corrected chi connectivity index (χ2v) is 4.39. The Kier molecular flexibility index (Phi) is 3.85. The minimum Gasteiger partial charge on any atom is -0.441 e. The number of anilines is 1. The Hall–Kier alpha value is -2.30. The molecule has 0 fully saturated rings. The molecule has 1 aromatic heterocycles. The molecule has 0 aliphatic heterocycles. The molecule has 0 aliphatic carbocycles. The molecule has 1 heterocycles. The Bertz CT molecular complexity index is 563. The number of benzene rings is 1. The summed E-state index contributed by atoms with van der Waals surface area (Å²) in [5.41, 5.74) is 2.38. The zero-order valence-corrected chi connectivity index (χ0v) is 11.3. The van der Waals surface area contributed by atoms with Gasteiger partial charge in [-0.25, -0.2) is 4.79 Å². The van der Waals surface area contributed by atoms with Crippen molar-refractivity contribution < 1.29 is 9.53 Å². The molecule has 0 saturated carbocycles. The molecule has 5 nitrogen and oxygen atoms in total. The van der Waals surface area contributed by atoms with E-state index in [1.807, 2.05) is 44.2 Å². The second kappa shape index (κ2) is 5.56. The lowest BCUT2D eigenvalue weighted by molar-refractivity contribution is 0.121. The minimum atomic E-state index is -0.479. The van der Waals surface area contributed by atoms with Crippen LogP contribution in [0.2, 0.25) is 0 Å². The molecule has 1 aromatic carbocycles. The number of ether oxygens (including phenoxy) is 1. The Morgan fingerprint density at radius 2 is 2.05 bits per heavy atom. The number of nitrogens with zero attached hydrogens (tertiary/aromatic N) is 2. The first kappa shape index (κ1) is 13.1. The van der Waals surface area contributed by atoms with Gasteiger partial charge in [0.15, 0.2) is 0 Å². The van der Waals surface area contributed by atoms with E-state index in [0.717, 1.165) is 11.3 Å². The van der Waals surface area contributed by atoms with Gasteiger partial charge < -0.3 is 4.74 Å². The molecular weight excluding hydrogens is 242 g/mol. The van der Waals surface area contributed by atoms with Gasteiger partial charge in [0, 0.05) is 13.2 Å². The molecule has 2 rings (SSSR count). The van der Waals surface area contributed by atoms with Crippen molar-refractivity contribution >= 4 is 11.8 Å². The summed E-state index contributed by atoms with van der Waals surface area (Å²) in [5, 5.41) is 6.84. The molecule has 0 spiro atoms. The van der Waals surface area contributed by atoms with Crippen molar-refractivity contribution in [2.45, 2.75) is 20.0 Å². The molecule has 0 bridgehead atoms. The molecule has 0 unspecified atom stereocenters. The number of hydrogen-bond acceptors (Lipinski definition) is 3. The molecular formula is C14H17N3O2. The topological polar surface area (TPSA) is 56.2 Å².